The summed E-state index contributed by atoms with van der Waals surface area (Å²) in [4.78, 5) is 38.1. The quantitative estimate of drug-likeness (QED) is 0.0262. The Bertz CT molecular complexity index is 1250. The van der Waals surface area contributed by atoms with Crippen LogP contribution < -0.4 is 0 Å². The van der Waals surface area contributed by atoms with Crippen molar-refractivity contribution in [2.75, 3.05) is 13.2 Å². The summed E-state index contributed by atoms with van der Waals surface area (Å²) in [6.45, 7) is 6.58. The summed E-state index contributed by atoms with van der Waals surface area (Å²) in [5.74, 6) is -0.896. The van der Waals surface area contributed by atoms with E-state index in [0.717, 1.165) is 89.9 Å². The first-order chi connectivity index (χ1) is 34.0. The summed E-state index contributed by atoms with van der Waals surface area (Å²) in [5, 5.41) is 0. The van der Waals surface area contributed by atoms with E-state index in [1.54, 1.807) is 0 Å². The Hall–Kier alpha value is -2.89. The van der Waals surface area contributed by atoms with E-state index in [9.17, 15) is 14.4 Å². The molecule has 6 nitrogen and oxygen atoms in total. The summed E-state index contributed by atoms with van der Waals surface area (Å²) >= 11 is 0. The first-order valence-corrected chi connectivity index (χ1v) is 29.8. The Balaban J connectivity index is 4.33. The largest absolute Gasteiger partial charge is 0.462 e. The third-order valence-electron chi connectivity index (χ3n) is 13.0. The number of allylic oxidation sites excluding steroid dienone is 10. The number of carbonyl (C=O) groups is 3. The van der Waals surface area contributed by atoms with Crippen molar-refractivity contribution in [1.82, 2.24) is 0 Å². The molecule has 0 saturated carbocycles. The highest BCUT2D eigenvalue weighted by Gasteiger charge is 2.19. The van der Waals surface area contributed by atoms with Gasteiger partial charge in [0.15, 0.2) is 6.10 Å². The molecule has 1 unspecified atom stereocenters. The average molecular weight is 966 g/mol. The molecule has 6 heteroatoms. The fourth-order valence-electron chi connectivity index (χ4n) is 8.43. The van der Waals surface area contributed by atoms with Crippen molar-refractivity contribution in [1.29, 1.82) is 0 Å². The van der Waals surface area contributed by atoms with Gasteiger partial charge in [0.25, 0.3) is 0 Å². The van der Waals surface area contributed by atoms with Gasteiger partial charge in [-0.15, -0.1) is 0 Å². The molecule has 0 aromatic carbocycles. The maximum atomic E-state index is 12.9. The smallest absolute Gasteiger partial charge is 0.306 e. The topological polar surface area (TPSA) is 78.9 Å². The van der Waals surface area contributed by atoms with Gasteiger partial charge in [-0.3, -0.25) is 14.4 Å². The monoisotopic (exact) mass is 965 g/mol. The van der Waals surface area contributed by atoms with Crippen LogP contribution in [-0.4, -0.2) is 37.2 Å². The Morgan fingerprint density at radius 2 is 0.536 bits per heavy atom. The molecule has 0 bridgehead atoms. The lowest BCUT2D eigenvalue weighted by Crippen LogP contribution is -2.30. The van der Waals surface area contributed by atoms with Crippen LogP contribution >= 0.6 is 0 Å². The highest BCUT2D eigenvalue weighted by molar-refractivity contribution is 5.71. The summed E-state index contributed by atoms with van der Waals surface area (Å²) in [5.41, 5.74) is 0. The highest BCUT2D eigenvalue weighted by atomic mass is 16.6. The van der Waals surface area contributed by atoms with Crippen LogP contribution in [-0.2, 0) is 28.6 Å². The minimum absolute atomic E-state index is 0.0823. The van der Waals surface area contributed by atoms with E-state index < -0.39 is 6.10 Å². The van der Waals surface area contributed by atoms with E-state index in [1.165, 1.54) is 173 Å². The number of ether oxygens (including phenoxy) is 3. The Kier molecular flexibility index (Phi) is 55.3. The third kappa shape index (κ3) is 55.9. The van der Waals surface area contributed by atoms with Crippen LogP contribution in [0, 0.1) is 0 Å². The molecule has 0 aliphatic carbocycles. The van der Waals surface area contributed by atoms with Crippen LogP contribution in [0.25, 0.3) is 0 Å². The first-order valence-electron chi connectivity index (χ1n) is 29.8. The molecule has 0 aromatic heterocycles. The molecule has 0 heterocycles. The molecule has 400 valence electrons. The van der Waals surface area contributed by atoms with Gasteiger partial charge in [0.2, 0.25) is 0 Å². The number of rotatable bonds is 54. The molecule has 0 aliphatic heterocycles. The zero-order chi connectivity index (χ0) is 50.0. The minimum atomic E-state index is -0.785. The Morgan fingerprint density at radius 1 is 0.290 bits per heavy atom. The Morgan fingerprint density at radius 3 is 0.899 bits per heavy atom. The van der Waals surface area contributed by atoms with E-state index in [-0.39, 0.29) is 31.1 Å². The van der Waals surface area contributed by atoms with Gasteiger partial charge in [0.1, 0.15) is 13.2 Å². The predicted octanol–water partition coefficient (Wildman–Crippen LogP) is 20.0. The van der Waals surface area contributed by atoms with Crippen molar-refractivity contribution in [2.24, 2.45) is 0 Å². The molecule has 0 radical (unpaired) electrons. The van der Waals surface area contributed by atoms with Gasteiger partial charge in [-0.2, -0.15) is 0 Å². The summed E-state index contributed by atoms with van der Waals surface area (Å²) in [6, 6.07) is 0. The predicted molar refractivity (Wildman–Crippen MR) is 298 cm³/mol. The van der Waals surface area contributed by atoms with Crippen molar-refractivity contribution in [3.05, 3.63) is 60.8 Å². The molecular weight excluding hydrogens is 853 g/mol. The molecule has 69 heavy (non-hydrogen) atoms. The molecular formula is C63H112O6. The number of carbonyl (C=O) groups excluding carboxylic acids is 3. The summed E-state index contributed by atoms with van der Waals surface area (Å²) < 4.78 is 16.9. The maximum Gasteiger partial charge on any atom is 0.306 e. The van der Waals surface area contributed by atoms with Gasteiger partial charge in [0, 0.05) is 19.3 Å². The molecule has 1 atom stereocenters. The summed E-state index contributed by atoms with van der Waals surface area (Å²) in [7, 11) is 0. The minimum Gasteiger partial charge on any atom is -0.462 e. The Labute approximate surface area is 428 Å². The van der Waals surface area contributed by atoms with Crippen LogP contribution in [0.3, 0.4) is 0 Å². The molecule has 0 fully saturated rings. The lowest BCUT2D eigenvalue weighted by Gasteiger charge is -2.18. The van der Waals surface area contributed by atoms with Gasteiger partial charge < -0.3 is 14.2 Å². The normalized spacial score (nSPS) is 12.4. The summed E-state index contributed by atoms with van der Waals surface area (Å²) in [6.07, 6.45) is 72.2. The van der Waals surface area contributed by atoms with Crippen LogP contribution in [0.1, 0.15) is 303 Å². The van der Waals surface area contributed by atoms with Crippen LogP contribution in [0.5, 0.6) is 0 Å². The SMILES string of the molecule is CCCC/C=C\CCCCCCCC(=O)OCC(COC(=O)CCCCCCCCCCC/C=C\CCCCCCCCCC)OC(=O)CCCCCCCC/C=C\C/C=C\C/C=C\CCCCC. The highest BCUT2D eigenvalue weighted by Crippen LogP contribution is 2.15. The van der Waals surface area contributed by atoms with Gasteiger partial charge in [-0.25, -0.2) is 0 Å². The molecule has 0 amide bonds. The van der Waals surface area contributed by atoms with Crippen molar-refractivity contribution in [3.63, 3.8) is 0 Å². The third-order valence-corrected chi connectivity index (χ3v) is 13.0. The van der Waals surface area contributed by atoms with Crippen molar-refractivity contribution < 1.29 is 28.6 Å². The second-order valence-corrected chi connectivity index (χ2v) is 19.9. The van der Waals surface area contributed by atoms with Gasteiger partial charge >= 0.3 is 17.9 Å². The zero-order valence-corrected chi connectivity index (χ0v) is 45.8. The second-order valence-electron chi connectivity index (χ2n) is 19.9. The van der Waals surface area contributed by atoms with E-state index in [4.69, 9.17) is 14.2 Å². The molecule has 0 aliphatic rings. The van der Waals surface area contributed by atoms with E-state index in [1.807, 2.05) is 0 Å². The number of esters is 3. The van der Waals surface area contributed by atoms with E-state index >= 15 is 0 Å². The molecule has 0 rings (SSSR count). The van der Waals surface area contributed by atoms with Crippen molar-refractivity contribution >= 4 is 17.9 Å². The van der Waals surface area contributed by atoms with Crippen molar-refractivity contribution in [2.45, 2.75) is 309 Å². The molecule has 0 spiro atoms. The molecule has 0 aromatic rings. The number of hydrogen-bond donors (Lipinski definition) is 0. The zero-order valence-electron chi connectivity index (χ0n) is 45.8. The van der Waals surface area contributed by atoms with E-state index in [0.29, 0.717) is 19.3 Å². The van der Waals surface area contributed by atoms with Crippen LogP contribution in [0.4, 0.5) is 0 Å². The number of hydrogen-bond acceptors (Lipinski definition) is 6. The molecule has 0 N–H and O–H groups in total. The number of unbranched alkanes of at least 4 members (excludes halogenated alkanes) is 33. The van der Waals surface area contributed by atoms with Gasteiger partial charge in [0.05, 0.1) is 0 Å². The lowest BCUT2D eigenvalue weighted by molar-refractivity contribution is -0.167. The van der Waals surface area contributed by atoms with Gasteiger partial charge in [-0.05, 0) is 103 Å². The van der Waals surface area contributed by atoms with E-state index in [2.05, 4.69) is 81.5 Å². The fraction of sp³-hybridized carbons (Fsp3) is 0.794. The fourth-order valence-corrected chi connectivity index (χ4v) is 8.43. The maximum absolute atomic E-state index is 12.9. The van der Waals surface area contributed by atoms with Crippen LogP contribution in [0.2, 0.25) is 0 Å². The second kappa shape index (κ2) is 57.7. The van der Waals surface area contributed by atoms with Gasteiger partial charge in [-0.1, -0.05) is 242 Å². The molecule has 0 saturated heterocycles. The van der Waals surface area contributed by atoms with Crippen molar-refractivity contribution in [3.8, 4) is 0 Å². The first kappa shape index (κ1) is 66.1. The average Bonchev–Trinajstić information content (AvgIpc) is 3.35. The standard InChI is InChI=1S/C63H112O6/c1-4-7-10-13-16-19-22-24-26-28-30-31-33-34-36-38-41-44-47-50-53-56-62(65)68-59-60(58-67-61(64)55-52-49-46-43-40-21-18-15-12-9-6-3)69-63(66)57-54-51-48-45-42-39-37-35-32-29-27-25-23-20-17-14-11-8-5-2/h15,17-18,20,25,27-28,30,32,35,60H,4-14,16,19,21-24,26,29,31,33-34,36-59H2,1-3H3/b18-15-,20-17-,27-25-,30-28-,35-32-. The lowest BCUT2D eigenvalue weighted by atomic mass is 10.1. The van der Waals surface area contributed by atoms with Crippen LogP contribution in [0.15, 0.2) is 60.8 Å².